The molecule has 3 rings (SSSR count). The first-order valence-electron chi connectivity index (χ1n) is 9.01. The molecule has 5 nitrogen and oxygen atoms in total. The fourth-order valence-electron chi connectivity index (χ4n) is 4.58. The standard InChI is InChI=1S/C17H32N4O/c1-18-16(19-12-17(22)8-3-4-9-17)20-13-10-14-6-5-7-15(11-13)21(14)2/h13-15,22H,3-12H2,1-2H3,(H2,18,19,20). The highest BCUT2D eigenvalue weighted by Crippen LogP contribution is 2.32. The molecule has 2 unspecified atom stereocenters. The van der Waals surface area contributed by atoms with Crippen LogP contribution in [0.5, 0.6) is 0 Å². The van der Waals surface area contributed by atoms with Crippen LogP contribution in [0.4, 0.5) is 0 Å². The maximum Gasteiger partial charge on any atom is 0.191 e. The molecule has 2 saturated heterocycles. The molecule has 126 valence electrons. The largest absolute Gasteiger partial charge is 0.388 e. The van der Waals surface area contributed by atoms with Crippen LogP contribution in [0.3, 0.4) is 0 Å². The lowest BCUT2D eigenvalue weighted by Crippen LogP contribution is -2.57. The summed E-state index contributed by atoms with van der Waals surface area (Å²) in [6, 6.07) is 1.96. The lowest BCUT2D eigenvalue weighted by molar-refractivity contribution is 0.0488. The average Bonchev–Trinajstić information content (AvgIpc) is 2.91. The fraction of sp³-hybridized carbons (Fsp3) is 0.941. The molecule has 2 bridgehead atoms. The van der Waals surface area contributed by atoms with Gasteiger partial charge in [-0.25, -0.2) is 0 Å². The quantitative estimate of drug-likeness (QED) is 0.546. The van der Waals surface area contributed by atoms with Gasteiger partial charge in [0.05, 0.1) is 5.60 Å². The minimum Gasteiger partial charge on any atom is -0.388 e. The maximum absolute atomic E-state index is 10.5. The molecule has 0 aromatic rings. The first-order chi connectivity index (χ1) is 10.6. The van der Waals surface area contributed by atoms with Crippen molar-refractivity contribution < 1.29 is 5.11 Å². The molecule has 3 aliphatic rings. The highest BCUT2D eigenvalue weighted by molar-refractivity contribution is 5.80. The van der Waals surface area contributed by atoms with Gasteiger partial charge in [0.15, 0.2) is 5.96 Å². The van der Waals surface area contributed by atoms with E-state index < -0.39 is 5.60 Å². The van der Waals surface area contributed by atoms with E-state index in [0.29, 0.717) is 12.6 Å². The molecule has 1 saturated carbocycles. The van der Waals surface area contributed by atoms with Gasteiger partial charge in [0, 0.05) is 31.7 Å². The smallest absolute Gasteiger partial charge is 0.191 e. The average molecular weight is 308 g/mol. The number of guanidine groups is 1. The lowest BCUT2D eigenvalue weighted by atomic mass is 9.82. The van der Waals surface area contributed by atoms with Crippen LogP contribution in [0, 0.1) is 0 Å². The Morgan fingerprint density at radius 3 is 2.41 bits per heavy atom. The summed E-state index contributed by atoms with van der Waals surface area (Å²) in [5.74, 6) is 0.855. The highest BCUT2D eigenvalue weighted by atomic mass is 16.3. The van der Waals surface area contributed by atoms with Crippen molar-refractivity contribution >= 4 is 5.96 Å². The van der Waals surface area contributed by atoms with Crippen LogP contribution >= 0.6 is 0 Å². The van der Waals surface area contributed by atoms with E-state index in [-0.39, 0.29) is 0 Å². The zero-order valence-electron chi connectivity index (χ0n) is 14.1. The van der Waals surface area contributed by atoms with Crippen LogP contribution < -0.4 is 10.6 Å². The van der Waals surface area contributed by atoms with E-state index in [0.717, 1.165) is 43.7 Å². The van der Waals surface area contributed by atoms with Gasteiger partial charge in [-0.15, -0.1) is 0 Å². The van der Waals surface area contributed by atoms with Gasteiger partial charge in [-0.3, -0.25) is 4.99 Å². The van der Waals surface area contributed by atoms with E-state index in [9.17, 15) is 5.11 Å². The van der Waals surface area contributed by atoms with Crippen molar-refractivity contribution in [3.63, 3.8) is 0 Å². The van der Waals surface area contributed by atoms with Gasteiger partial charge >= 0.3 is 0 Å². The molecule has 0 radical (unpaired) electrons. The van der Waals surface area contributed by atoms with Gasteiger partial charge in [0.2, 0.25) is 0 Å². The number of aliphatic hydroxyl groups is 1. The maximum atomic E-state index is 10.5. The molecule has 3 N–H and O–H groups in total. The molecular formula is C17H32N4O. The number of aliphatic imine (C=N–C) groups is 1. The Morgan fingerprint density at radius 2 is 1.82 bits per heavy atom. The van der Waals surface area contributed by atoms with Crippen molar-refractivity contribution in [3.8, 4) is 0 Å². The van der Waals surface area contributed by atoms with Crippen molar-refractivity contribution in [2.24, 2.45) is 4.99 Å². The van der Waals surface area contributed by atoms with Crippen molar-refractivity contribution in [2.45, 2.75) is 81.5 Å². The molecule has 1 aliphatic carbocycles. The minimum absolute atomic E-state index is 0.510. The zero-order chi connectivity index (χ0) is 15.6. The molecule has 2 aliphatic heterocycles. The molecule has 22 heavy (non-hydrogen) atoms. The van der Waals surface area contributed by atoms with Gasteiger partial charge < -0.3 is 20.6 Å². The van der Waals surface area contributed by atoms with Crippen molar-refractivity contribution in [1.82, 2.24) is 15.5 Å². The van der Waals surface area contributed by atoms with Crippen LogP contribution in [0.15, 0.2) is 4.99 Å². The Hall–Kier alpha value is -0.810. The number of piperidine rings is 2. The van der Waals surface area contributed by atoms with Crippen LogP contribution in [-0.4, -0.2) is 60.3 Å². The highest BCUT2D eigenvalue weighted by Gasteiger charge is 2.36. The van der Waals surface area contributed by atoms with Gasteiger partial charge in [-0.05, 0) is 45.6 Å². The molecular weight excluding hydrogens is 276 g/mol. The summed E-state index contributed by atoms with van der Waals surface area (Å²) >= 11 is 0. The molecule has 0 amide bonds. The number of fused-ring (bicyclic) bond motifs is 2. The SMILES string of the molecule is CN=C(NCC1(O)CCCC1)NC1CC2CCCC(C1)N2C. The summed E-state index contributed by atoms with van der Waals surface area (Å²) in [6.45, 7) is 0.617. The van der Waals surface area contributed by atoms with E-state index in [1.807, 2.05) is 7.05 Å². The Morgan fingerprint density at radius 1 is 1.18 bits per heavy atom. The minimum atomic E-state index is -0.527. The van der Waals surface area contributed by atoms with Crippen LogP contribution in [0.1, 0.15) is 57.8 Å². The molecule has 0 aromatic carbocycles. The van der Waals surface area contributed by atoms with E-state index >= 15 is 0 Å². The zero-order valence-corrected chi connectivity index (χ0v) is 14.1. The van der Waals surface area contributed by atoms with E-state index in [1.165, 1.54) is 32.1 Å². The first kappa shape index (κ1) is 16.1. The van der Waals surface area contributed by atoms with Crippen LogP contribution in [-0.2, 0) is 0 Å². The number of nitrogens with one attached hydrogen (secondary N) is 2. The second-order valence-corrected chi connectivity index (χ2v) is 7.57. The van der Waals surface area contributed by atoms with Gasteiger partial charge in [0.1, 0.15) is 0 Å². The summed E-state index contributed by atoms with van der Waals surface area (Å²) in [7, 11) is 4.11. The van der Waals surface area contributed by atoms with Gasteiger partial charge in [0.25, 0.3) is 0 Å². The Bertz CT molecular complexity index is 391. The van der Waals surface area contributed by atoms with Gasteiger partial charge in [-0.1, -0.05) is 19.3 Å². The number of hydrogen-bond donors (Lipinski definition) is 3. The third kappa shape index (κ3) is 3.57. The topological polar surface area (TPSA) is 59.9 Å². The van der Waals surface area contributed by atoms with Crippen LogP contribution in [0.25, 0.3) is 0 Å². The molecule has 2 heterocycles. The Labute approximate surface area is 134 Å². The number of nitrogens with zero attached hydrogens (tertiary/aromatic N) is 2. The summed E-state index contributed by atoms with van der Waals surface area (Å²) in [6.07, 6.45) is 10.6. The molecule has 5 heteroatoms. The van der Waals surface area contributed by atoms with Crippen LogP contribution in [0.2, 0.25) is 0 Å². The predicted octanol–water partition coefficient (Wildman–Crippen LogP) is 1.47. The fourth-order valence-corrected chi connectivity index (χ4v) is 4.58. The van der Waals surface area contributed by atoms with Crippen molar-refractivity contribution in [1.29, 1.82) is 0 Å². The monoisotopic (exact) mass is 308 g/mol. The van der Waals surface area contributed by atoms with E-state index in [4.69, 9.17) is 0 Å². The van der Waals surface area contributed by atoms with Crippen molar-refractivity contribution in [2.75, 3.05) is 20.6 Å². The number of hydrogen-bond acceptors (Lipinski definition) is 3. The van der Waals surface area contributed by atoms with E-state index in [1.54, 1.807) is 0 Å². The van der Waals surface area contributed by atoms with Crippen molar-refractivity contribution in [3.05, 3.63) is 0 Å². The normalized spacial score (nSPS) is 35.4. The van der Waals surface area contributed by atoms with E-state index in [2.05, 4.69) is 27.6 Å². The predicted molar refractivity (Wildman–Crippen MR) is 90.1 cm³/mol. The Balaban J connectivity index is 1.50. The second kappa shape index (κ2) is 6.75. The third-order valence-corrected chi connectivity index (χ3v) is 6.02. The van der Waals surface area contributed by atoms with Gasteiger partial charge in [-0.2, -0.15) is 0 Å². The first-order valence-corrected chi connectivity index (χ1v) is 9.01. The summed E-state index contributed by atoms with van der Waals surface area (Å²) in [5, 5.41) is 17.4. The molecule has 0 spiro atoms. The second-order valence-electron chi connectivity index (χ2n) is 7.57. The third-order valence-electron chi connectivity index (χ3n) is 6.02. The molecule has 3 fully saturated rings. The number of rotatable bonds is 3. The summed E-state index contributed by atoms with van der Waals surface area (Å²) < 4.78 is 0. The molecule has 0 aromatic heterocycles. The Kier molecular flexibility index (Phi) is 4.93. The summed E-state index contributed by atoms with van der Waals surface area (Å²) in [4.78, 5) is 6.94. The lowest BCUT2D eigenvalue weighted by Gasteiger charge is -2.47. The summed E-state index contributed by atoms with van der Waals surface area (Å²) in [5.41, 5.74) is -0.527. The molecule has 2 atom stereocenters.